The number of nitriles is 1. The van der Waals surface area contributed by atoms with Gasteiger partial charge in [-0.25, -0.2) is 0 Å². The fraction of sp³-hybridized carbons (Fsp3) is 0.500. The quantitative estimate of drug-likeness (QED) is 0.675. The SMILES string of the molecule is C=C1/C(N2CC3CC(C2)N3CCC2CC2)=C\C=N/NC(/C(C=NC)=C/N)=C\1C#N. The molecule has 4 heterocycles. The van der Waals surface area contributed by atoms with Crippen LogP contribution >= 0.6 is 0 Å². The molecule has 0 aromatic rings. The van der Waals surface area contributed by atoms with E-state index in [1.54, 1.807) is 19.5 Å². The lowest BCUT2D eigenvalue weighted by atomic mass is 9.85. The lowest BCUT2D eigenvalue weighted by Crippen LogP contribution is -2.68. The summed E-state index contributed by atoms with van der Waals surface area (Å²) in [7, 11) is 1.66. The van der Waals surface area contributed by atoms with Gasteiger partial charge >= 0.3 is 0 Å². The van der Waals surface area contributed by atoms with E-state index < -0.39 is 0 Å². The lowest BCUT2D eigenvalue weighted by Gasteiger charge is -2.57. The summed E-state index contributed by atoms with van der Waals surface area (Å²) >= 11 is 0. The number of aliphatic imine (C=N–C) groups is 1. The Morgan fingerprint density at radius 2 is 2.21 bits per heavy atom. The number of piperidine rings is 1. The smallest absolute Gasteiger partial charge is 0.102 e. The molecule has 7 heteroatoms. The summed E-state index contributed by atoms with van der Waals surface area (Å²) in [5.41, 5.74) is 11.9. The zero-order valence-electron chi connectivity index (χ0n) is 17.0. The highest BCUT2D eigenvalue weighted by atomic mass is 15.4. The summed E-state index contributed by atoms with van der Waals surface area (Å²) in [4.78, 5) is 9.07. The molecule has 3 N–H and O–H groups in total. The number of nitrogens with zero attached hydrogens (tertiary/aromatic N) is 5. The number of fused-ring (bicyclic) bond motifs is 2. The van der Waals surface area contributed by atoms with Gasteiger partial charge in [-0.05, 0) is 31.4 Å². The topological polar surface area (TPSA) is 93.0 Å². The minimum atomic E-state index is 0.439. The van der Waals surface area contributed by atoms with Crippen LogP contribution in [0.2, 0.25) is 0 Å². The average Bonchev–Trinajstić information content (AvgIpc) is 3.54. The van der Waals surface area contributed by atoms with Gasteiger partial charge in [-0.2, -0.15) is 10.4 Å². The molecule has 0 aromatic heterocycles. The molecular weight excluding hydrogens is 362 g/mol. The molecule has 4 fully saturated rings. The Hall–Kier alpha value is -2.85. The van der Waals surface area contributed by atoms with Crippen LogP contribution in [-0.4, -0.2) is 61.0 Å². The van der Waals surface area contributed by atoms with E-state index in [0.29, 0.717) is 34.5 Å². The van der Waals surface area contributed by atoms with E-state index in [2.05, 4.69) is 38.0 Å². The van der Waals surface area contributed by atoms with Gasteiger partial charge in [-0.1, -0.05) is 19.4 Å². The van der Waals surface area contributed by atoms with Gasteiger partial charge in [-0.15, -0.1) is 0 Å². The third-order valence-electron chi connectivity index (χ3n) is 6.37. The Morgan fingerprint density at radius 3 is 2.83 bits per heavy atom. The van der Waals surface area contributed by atoms with E-state index >= 15 is 0 Å². The van der Waals surface area contributed by atoms with E-state index in [-0.39, 0.29) is 0 Å². The Kier molecular flexibility index (Phi) is 5.54. The molecule has 3 saturated heterocycles. The van der Waals surface area contributed by atoms with Gasteiger partial charge in [0, 0.05) is 67.7 Å². The number of hydrogen-bond acceptors (Lipinski definition) is 7. The number of rotatable bonds is 6. The average molecular weight is 392 g/mol. The highest BCUT2D eigenvalue weighted by molar-refractivity contribution is 5.86. The van der Waals surface area contributed by atoms with Crippen molar-refractivity contribution < 1.29 is 0 Å². The van der Waals surface area contributed by atoms with Gasteiger partial charge in [0.1, 0.15) is 6.07 Å². The van der Waals surface area contributed by atoms with Crippen molar-refractivity contribution >= 4 is 12.4 Å². The second-order valence-electron chi connectivity index (χ2n) is 8.21. The molecule has 5 rings (SSSR count). The van der Waals surface area contributed by atoms with Crippen LogP contribution in [0, 0.1) is 17.2 Å². The van der Waals surface area contributed by atoms with E-state index in [1.165, 1.54) is 38.4 Å². The van der Waals surface area contributed by atoms with Gasteiger partial charge in [0.2, 0.25) is 0 Å². The first kappa shape index (κ1) is 19.5. The van der Waals surface area contributed by atoms with Crippen LogP contribution in [0.15, 0.2) is 57.1 Å². The Bertz CT molecular complexity index is 854. The third-order valence-corrected chi connectivity index (χ3v) is 6.37. The molecule has 29 heavy (non-hydrogen) atoms. The van der Waals surface area contributed by atoms with E-state index in [9.17, 15) is 5.26 Å². The standard InChI is InChI=1S/C22H29N7/c1-15-20(11-24)22(17(10-23)12-25-2)27-26-7-5-21(15)28-13-18-9-19(14-28)29(18)8-6-16-3-4-16/h5,7,10,12,16,18-19,27H,1,3-4,6,8-9,13-14,23H2,2H3/b17-10+,21-5+,22-20-,25-12?,26-7-. The maximum absolute atomic E-state index is 9.88. The fourth-order valence-electron chi connectivity index (χ4n) is 4.59. The molecule has 0 spiro atoms. The molecule has 5 aliphatic rings. The maximum Gasteiger partial charge on any atom is 0.102 e. The first-order valence-electron chi connectivity index (χ1n) is 10.3. The van der Waals surface area contributed by atoms with Crippen molar-refractivity contribution in [3.8, 4) is 6.07 Å². The molecule has 2 atom stereocenters. The van der Waals surface area contributed by atoms with Gasteiger partial charge in [0.05, 0.1) is 11.3 Å². The number of hydrazone groups is 1. The molecular formula is C22H29N7. The summed E-state index contributed by atoms with van der Waals surface area (Å²) in [6.07, 6.45) is 12.2. The van der Waals surface area contributed by atoms with E-state index in [4.69, 9.17) is 5.73 Å². The Morgan fingerprint density at radius 1 is 1.45 bits per heavy atom. The molecule has 2 unspecified atom stereocenters. The van der Waals surface area contributed by atoms with Crippen LogP contribution in [0.4, 0.5) is 0 Å². The fourth-order valence-corrected chi connectivity index (χ4v) is 4.59. The van der Waals surface area contributed by atoms with Crippen molar-refractivity contribution in [2.75, 3.05) is 26.7 Å². The van der Waals surface area contributed by atoms with Crippen LogP contribution in [-0.2, 0) is 0 Å². The van der Waals surface area contributed by atoms with Gasteiger partial charge in [0.25, 0.3) is 0 Å². The number of nitrogens with two attached hydrogens (primary N) is 1. The predicted octanol–water partition coefficient (Wildman–Crippen LogP) is 1.89. The number of allylic oxidation sites excluding steroid dienone is 3. The summed E-state index contributed by atoms with van der Waals surface area (Å²) < 4.78 is 0. The second-order valence-corrected chi connectivity index (χ2v) is 8.21. The highest BCUT2D eigenvalue weighted by Gasteiger charge is 2.45. The monoisotopic (exact) mass is 391 g/mol. The first-order valence-corrected chi connectivity index (χ1v) is 10.3. The van der Waals surface area contributed by atoms with Crippen LogP contribution in [0.3, 0.4) is 0 Å². The lowest BCUT2D eigenvalue weighted by molar-refractivity contribution is -0.0581. The van der Waals surface area contributed by atoms with Crippen LogP contribution in [0.5, 0.6) is 0 Å². The molecule has 0 aromatic carbocycles. The summed E-state index contributed by atoms with van der Waals surface area (Å²) in [6, 6.07) is 3.49. The van der Waals surface area contributed by atoms with Crippen LogP contribution < -0.4 is 11.2 Å². The first-order chi connectivity index (χ1) is 14.2. The summed E-state index contributed by atoms with van der Waals surface area (Å²) in [5.74, 6) is 0.974. The molecule has 152 valence electrons. The second kappa shape index (κ2) is 8.26. The van der Waals surface area contributed by atoms with Crippen molar-refractivity contribution in [3.05, 3.63) is 47.0 Å². The zero-order chi connectivity index (χ0) is 20.4. The van der Waals surface area contributed by atoms with Crippen molar-refractivity contribution in [3.63, 3.8) is 0 Å². The number of hydrogen-bond donors (Lipinski definition) is 2. The Labute approximate surface area is 172 Å². The van der Waals surface area contributed by atoms with Crippen LogP contribution in [0.1, 0.15) is 25.7 Å². The van der Waals surface area contributed by atoms with E-state index in [1.807, 2.05) is 6.08 Å². The highest BCUT2D eigenvalue weighted by Crippen LogP contribution is 2.39. The molecule has 2 bridgehead atoms. The normalized spacial score (nSPS) is 33.2. The summed E-state index contributed by atoms with van der Waals surface area (Å²) in [5, 5.41) is 14.1. The van der Waals surface area contributed by atoms with Crippen molar-refractivity contribution in [1.29, 1.82) is 5.26 Å². The Balaban J connectivity index is 1.53. The van der Waals surface area contributed by atoms with Gasteiger partial charge < -0.3 is 10.6 Å². The largest absolute Gasteiger partial charge is 0.404 e. The van der Waals surface area contributed by atoms with Crippen molar-refractivity contribution in [1.82, 2.24) is 15.2 Å². The molecule has 0 amide bonds. The van der Waals surface area contributed by atoms with Crippen molar-refractivity contribution in [2.24, 2.45) is 21.7 Å². The number of piperazine rings is 1. The van der Waals surface area contributed by atoms with Crippen molar-refractivity contribution in [2.45, 2.75) is 37.8 Å². The minimum absolute atomic E-state index is 0.439. The summed E-state index contributed by atoms with van der Waals surface area (Å²) in [6.45, 7) is 7.43. The zero-order valence-corrected chi connectivity index (χ0v) is 17.0. The molecule has 1 aliphatic carbocycles. The predicted molar refractivity (Wildman–Crippen MR) is 116 cm³/mol. The minimum Gasteiger partial charge on any atom is -0.404 e. The molecule has 1 saturated carbocycles. The maximum atomic E-state index is 9.88. The number of nitrogens with one attached hydrogen (secondary N) is 1. The molecule has 4 aliphatic heterocycles. The van der Waals surface area contributed by atoms with Gasteiger partial charge in [-0.3, -0.25) is 15.3 Å². The molecule has 0 radical (unpaired) electrons. The van der Waals surface area contributed by atoms with E-state index in [0.717, 1.165) is 24.7 Å². The molecule has 7 nitrogen and oxygen atoms in total. The van der Waals surface area contributed by atoms with Gasteiger partial charge in [0.15, 0.2) is 0 Å². The van der Waals surface area contributed by atoms with Crippen LogP contribution in [0.25, 0.3) is 0 Å². The third kappa shape index (κ3) is 3.85.